The van der Waals surface area contributed by atoms with Crippen LogP contribution >= 0.6 is 0 Å². The molecule has 0 aromatic heterocycles. The highest BCUT2D eigenvalue weighted by molar-refractivity contribution is 7.92. The van der Waals surface area contributed by atoms with Crippen molar-refractivity contribution in [3.8, 4) is 0 Å². The first-order valence-electron chi connectivity index (χ1n) is 9.94. The van der Waals surface area contributed by atoms with Crippen LogP contribution in [0, 0.1) is 11.6 Å². The number of nitrogens with one attached hydrogen (secondary N) is 1. The van der Waals surface area contributed by atoms with Gasteiger partial charge in [-0.25, -0.2) is 17.2 Å². The molecule has 1 amide bonds. The second-order valence-corrected chi connectivity index (χ2v) is 9.66. The molecular formula is C22H26F2N2O3S. The van der Waals surface area contributed by atoms with Gasteiger partial charge in [0.05, 0.1) is 18.0 Å². The van der Waals surface area contributed by atoms with Crippen LogP contribution in [0.3, 0.4) is 0 Å². The molecule has 162 valence electrons. The topological polar surface area (TPSA) is 66.5 Å². The van der Waals surface area contributed by atoms with Crippen LogP contribution in [0.2, 0.25) is 0 Å². The van der Waals surface area contributed by atoms with Crippen LogP contribution < -0.4 is 9.62 Å². The van der Waals surface area contributed by atoms with E-state index in [1.165, 1.54) is 24.5 Å². The normalized spacial score (nSPS) is 15.8. The molecule has 2 unspecified atom stereocenters. The number of nitrogens with zero attached hydrogens (tertiary/aromatic N) is 1. The Kier molecular flexibility index (Phi) is 6.45. The first-order chi connectivity index (χ1) is 14.1. The van der Waals surface area contributed by atoms with Crippen LogP contribution in [0.15, 0.2) is 36.4 Å². The van der Waals surface area contributed by atoms with E-state index in [0.29, 0.717) is 0 Å². The van der Waals surface area contributed by atoms with E-state index in [-0.39, 0.29) is 11.7 Å². The Labute approximate surface area is 176 Å². The third kappa shape index (κ3) is 4.80. The van der Waals surface area contributed by atoms with Crippen molar-refractivity contribution in [3.05, 3.63) is 64.7 Å². The Bertz CT molecular complexity index is 1060. The van der Waals surface area contributed by atoms with Gasteiger partial charge >= 0.3 is 0 Å². The van der Waals surface area contributed by atoms with E-state index in [4.69, 9.17) is 0 Å². The molecule has 0 aliphatic heterocycles. The summed E-state index contributed by atoms with van der Waals surface area (Å²) in [5.74, 6) is -2.81. The Hall–Kier alpha value is -2.48. The Morgan fingerprint density at radius 3 is 2.30 bits per heavy atom. The molecule has 0 spiro atoms. The van der Waals surface area contributed by atoms with Crippen LogP contribution in [0.1, 0.15) is 49.4 Å². The molecule has 0 saturated carbocycles. The molecule has 0 heterocycles. The van der Waals surface area contributed by atoms with Gasteiger partial charge < -0.3 is 5.32 Å². The zero-order valence-electron chi connectivity index (χ0n) is 17.3. The van der Waals surface area contributed by atoms with Crippen molar-refractivity contribution in [1.82, 2.24) is 5.32 Å². The van der Waals surface area contributed by atoms with Gasteiger partial charge in [0, 0.05) is 6.07 Å². The standard InChI is InChI=1S/C22H26F2N2O3S/c1-14(17-9-8-16-6-4-5-7-18(16)12-17)25-22(27)15(2)26(30(3,28)29)19-10-11-20(23)21(24)13-19/h8-15H,4-7H2,1-3H3,(H,25,27). The minimum atomic E-state index is -3.92. The number of fused-ring (bicyclic) bond motifs is 1. The van der Waals surface area contributed by atoms with Gasteiger partial charge in [0.2, 0.25) is 15.9 Å². The largest absolute Gasteiger partial charge is 0.348 e. The van der Waals surface area contributed by atoms with Crippen molar-refractivity contribution in [2.24, 2.45) is 0 Å². The minimum Gasteiger partial charge on any atom is -0.348 e. The number of amides is 1. The number of benzene rings is 2. The molecule has 8 heteroatoms. The highest BCUT2D eigenvalue weighted by Gasteiger charge is 2.30. The Morgan fingerprint density at radius 2 is 1.67 bits per heavy atom. The van der Waals surface area contributed by atoms with E-state index in [9.17, 15) is 22.0 Å². The number of sulfonamides is 1. The van der Waals surface area contributed by atoms with E-state index in [1.807, 2.05) is 13.0 Å². The van der Waals surface area contributed by atoms with Crippen molar-refractivity contribution in [3.63, 3.8) is 0 Å². The zero-order valence-corrected chi connectivity index (χ0v) is 18.1. The number of anilines is 1. The van der Waals surface area contributed by atoms with Crippen LogP contribution in [-0.4, -0.2) is 26.6 Å². The highest BCUT2D eigenvalue weighted by Crippen LogP contribution is 2.26. The number of halogens is 2. The third-order valence-corrected chi connectivity index (χ3v) is 6.72. The molecule has 2 atom stereocenters. The lowest BCUT2D eigenvalue weighted by Gasteiger charge is -2.29. The summed E-state index contributed by atoms with van der Waals surface area (Å²) in [4.78, 5) is 12.8. The van der Waals surface area contributed by atoms with Crippen molar-refractivity contribution in [2.75, 3.05) is 10.6 Å². The number of rotatable bonds is 6. The molecule has 30 heavy (non-hydrogen) atoms. The number of aryl methyl sites for hydroxylation is 2. The second-order valence-electron chi connectivity index (χ2n) is 7.80. The second kappa shape index (κ2) is 8.71. The summed E-state index contributed by atoms with van der Waals surface area (Å²) in [6, 6.07) is 7.41. The minimum absolute atomic E-state index is 0.111. The molecule has 3 rings (SSSR count). The number of hydrogen-bond acceptors (Lipinski definition) is 3. The van der Waals surface area contributed by atoms with Crippen molar-refractivity contribution in [2.45, 2.75) is 51.6 Å². The summed E-state index contributed by atoms with van der Waals surface area (Å²) in [7, 11) is -3.92. The van der Waals surface area contributed by atoms with Gasteiger partial charge in [-0.3, -0.25) is 9.10 Å². The summed E-state index contributed by atoms with van der Waals surface area (Å²) >= 11 is 0. The number of hydrogen-bond donors (Lipinski definition) is 1. The molecule has 0 radical (unpaired) electrons. The quantitative estimate of drug-likeness (QED) is 0.748. The van der Waals surface area contributed by atoms with E-state index in [0.717, 1.165) is 53.6 Å². The van der Waals surface area contributed by atoms with E-state index < -0.39 is 33.6 Å². The van der Waals surface area contributed by atoms with Crippen molar-refractivity contribution < 1.29 is 22.0 Å². The lowest BCUT2D eigenvalue weighted by Crippen LogP contribution is -2.48. The lowest BCUT2D eigenvalue weighted by atomic mass is 9.89. The smallest absolute Gasteiger partial charge is 0.244 e. The maximum absolute atomic E-state index is 13.7. The molecule has 5 nitrogen and oxygen atoms in total. The molecule has 1 N–H and O–H groups in total. The molecule has 2 aromatic rings. The van der Waals surface area contributed by atoms with Gasteiger partial charge in [-0.05, 0) is 68.4 Å². The third-order valence-electron chi connectivity index (χ3n) is 5.48. The average Bonchev–Trinajstić information content (AvgIpc) is 2.69. The van der Waals surface area contributed by atoms with Crippen molar-refractivity contribution >= 4 is 21.6 Å². The highest BCUT2D eigenvalue weighted by atomic mass is 32.2. The van der Waals surface area contributed by atoms with Gasteiger partial charge in [0.15, 0.2) is 11.6 Å². The first-order valence-corrected chi connectivity index (χ1v) is 11.8. The fourth-order valence-corrected chi connectivity index (χ4v) is 5.04. The maximum atomic E-state index is 13.7. The Balaban J connectivity index is 1.80. The maximum Gasteiger partial charge on any atom is 0.244 e. The fourth-order valence-electron chi connectivity index (χ4n) is 3.87. The van der Waals surface area contributed by atoms with Gasteiger partial charge in [-0.15, -0.1) is 0 Å². The molecule has 0 saturated heterocycles. The first kappa shape index (κ1) is 22.2. The van der Waals surface area contributed by atoms with Crippen molar-refractivity contribution in [1.29, 1.82) is 0 Å². The lowest BCUT2D eigenvalue weighted by molar-refractivity contribution is -0.122. The molecule has 2 aromatic carbocycles. The van der Waals surface area contributed by atoms with E-state index in [2.05, 4.69) is 17.4 Å². The molecular weight excluding hydrogens is 410 g/mol. The van der Waals surface area contributed by atoms with Gasteiger partial charge in [-0.1, -0.05) is 18.2 Å². The van der Waals surface area contributed by atoms with E-state index >= 15 is 0 Å². The summed E-state index contributed by atoms with van der Waals surface area (Å²) in [5.41, 5.74) is 3.45. The van der Waals surface area contributed by atoms with Crippen LogP contribution in [0.4, 0.5) is 14.5 Å². The van der Waals surface area contributed by atoms with Gasteiger partial charge in [-0.2, -0.15) is 0 Å². The van der Waals surface area contributed by atoms with Crippen LogP contribution in [-0.2, 0) is 27.7 Å². The molecule has 1 aliphatic carbocycles. The predicted octanol–water partition coefficient (Wildman–Crippen LogP) is 3.88. The van der Waals surface area contributed by atoms with E-state index in [1.54, 1.807) is 0 Å². The summed E-state index contributed by atoms with van der Waals surface area (Å²) < 4.78 is 52.4. The van der Waals surface area contributed by atoms with Crippen LogP contribution in [0.5, 0.6) is 0 Å². The van der Waals surface area contributed by atoms with Crippen LogP contribution in [0.25, 0.3) is 0 Å². The zero-order chi connectivity index (χ0) is 22.1. The molecule has 0 bridgehead atoms. The molecule has 0 fully saturated rings. The van der Waals surface area contributed by atoms with Gasteiger partial charge in [0.1, 0.15) is 6.04 Å². The number of carbonyl (C=O) groups is 1. The summed E-state index contributed by atoms with van der Waals surface area (Å²) in [6.45, 7) is 3.24. The summed E-state index contributed by atoms with van der Waals surface area (Å²) in [5, 5.41) is 2.84. The van der Waals surface area contributed by atoms with Gasteiger partial charge in [0.25, 0.3) is 0 Å². The summed E-state index contributed by atoms with van der Waals surface area (Å²) in [6.07, 6.45) is 5.32. The SMILES string of the molecule is CC(NC(=O)C(C)N(c1ccc(F)c(F)c1)S(C)(=O)=O)c1ccc2c(c1)CCCC2. The number of carbonyl (C=O) groups excluding carboxylic acids is 1. The average molecular weight is 437 g/mol. The fraction of sp³-hybridized carbons (Fsp3) is 0.409. The Morgan fingerprint density at radius 1 is 1.00 bits per heavy atom. The molecule has 1 aliphatic rings. The monoisotopic (exact) mass is 436 g/mol. The predicted molar refractivity (Wildman–Crippen MR) is 113 cm³/mol.